The lowest BCUT2D eigenvalue weighted by Crippen LogP contribution is -2.46. The van der Waals surface area contributed by atoms with Crippen LogP contribution in [-0.4, -0.2) is 53.6 Å². The first-order valence-electron chi connectivity index (χ1n) is 9.67. The molecule has 1 atom stereocenters. The van der Waals surface area contributed by atoms with Crippen LogP contribution in [0.3, 0.4) is 0 Å². The highest BCUT2D eigenvalue weighted by Crippen LogP contribution is 2.30. The number of aliphatic hydroxyl groups is 2. The summed E-state index contributed by atoms with van der Waals surface area (Å²) in [6.07, 6.45) is -1.26. The maximum atomic E-state index is 13.4. The monoisotopic (exact) mass is 465 g/mol. The minimum absolute atomic E-state index is 0.0455. The molecule has 0 aromatic heterocycles. The van der Waals surface area contributed by atoms with Gasteiger partial charge in [-0.05, 0) is 42.0 Å². The first kappa shape index (κ1) is 23.5. The molecule has 11 heteroatoms. The Morgan fingerprint density at radius 3 is 2.72 bits per heavy atom. The molecule has 0 saturated carbocycles. The number of carbonyl (C=O) groups excluding carboxylic acids is 3. The third-order valence-electron chi connectivity index (χ3n) is 4.69. The molecule has 1 aliphatic rings. The van der Waals surface area contributed by atoms with Gasteiger partial charge in [-0.25, -0.2) is 9.18 Å². The Labute approximate surface area is 187 Å². The van der Waals surface area contributed by atoms with E-state index < -0.39 is 29.5 Å². The van der Waals surface area contributed by atoms with Gasteiger partial charge in [0.05, 0.1) is 6.61 Å². The minimum atomic E-state index is -2.39. The van der Waals surface area contributed by atoms with Crippen molar-refractivity contribution in [2.45, 2.75) is 18.8 Å². The number of hydrogen-bond donors (Lipinski definition) is 4. The Balaban J connectivity index is 1.63. The number of benzene rings is 2. The van der Waals surface area contributed by atoms with Crippen molar-refractivity contribution in [3.8, 4) is 0 Å². The molecule has 1 heterocycles. The SMILES string of the molecule is O=C(NCc1cc(F)cc(Cl)c1)O[C@]1(O)CCN(c2cccc(C(=O)NCCO)c2)C1=O. The summed E-state index contributed by atoms with van der Waals surface area (Å²) in [5.74, 6) is -4.26. The van der Waals surface area contributed by atoms with Crippen LogP contribution >= 0.6 is 11.6 Å². The van der Waals surface area contributed by atoms with Crippen LogP contribution in [0.2, 0.25) is 5.02 Å². The molecule has 32 heavy (non-hydrogen) atoms. The lowest BCUT2D eigenvalue weighted by molar-refractivity contribution is -0.175. The predicted molar refractivity (Wildman–Crippen MR) is 113 cm³/mol. The van der Waals surface area contributed by atoms with Gasteiger partial charge >= 0.3 is 6.09 Å². The molecule has 0 radical (unpaired) electrons. The van der Waals surface area contributed by atoms with E-state index in [4.69, 9.17) is 21.4 Å². The largest absolute Gasteiger partial charge is 0.410 e. The van der Waals surface area contributed by atoms with Crippen LogP contribution in [0, 0.1) is 5.82 Å². The van der Waals surface area contributed by atoms with E-state index in [0.717, 1.165) is 6.07 Å². The van der Waals surface area contributed by atoms with Gasteiger partial charge in [0, 0.05) is 42.3 Å². The Morgan fingerprint density at radius 1 is 1.22 bits per heavy atom. The molecule has 0 spiro atoms. The molecule has 1 saturated heterocycles. The fraction of sp³-hybridized carbons (Fsp3) is 0.286. The molecule has 3 rings (SSSR count). The first-order valence-corrected chi connectivity index (χ1v) is 10.0. The lowest BCUT2D eigenvalue weighted by atomic mass is 10.1. The maximum Gasteiger partial charge on any atom is 0.410 e. The quantitative estimate of drug-likeness (QED) is 0.459. The van der Waals surface area contributed by atoms with Crippen LogP contribution in [0.4, 0.5) is 14.9 Å². The Kier molecular flexibility index (Phi) is 7.29. The van der Waals surface area contributed by atoms with Crippen molar-refractivity contribution in [1.82, 2.24) is 10.6 Å². The molecule has 9 nitrogen and oxygen atoms in total. The van der Waals surface area contributed by atoms with E-state index in [0.29, 0.717) is 11.3 Å². The second kappa shape index (κ2) is 9.94. The van der Waals surface area contributed by atoms with Crippen LogP contribution < -0.4 is 15.5 Å². The number of amides is 3. The van der Waals surface area contributed by atoms with Crippen molar-refractivity contribution in [1.29, 1.82) is 0 Å². The third kappa shape index (κ3) is 5.52. The summed E-state index contributed by atoms with van der Waals surface area (Å²) in [5, 5.41) is 24.4. The van der Waals surface area contributed by atoms with Crippen LogP contribution in [-0.2, 0) is 16.1 Å². The average Bonchev–Trinajstić information content (AvgIpc) is 3.04. The summed E-state index contributed by atoms with van der Waals surface area (Å²) in [4.78, 5) is 38.1. The highest BCUT2D eigenvalue weighted by Gasteiger charge is 2.49. The summed E-state index contributed by atoms with van der Waals surface area (Å²) in [6, 6.07) is 9.85. The number of anilines is 1. The van der Waals surface area contributed by atoms with Crippen LogP contribution in [0.1, 0.15) is 22.3 Å². The van der Waals surface area contributed by atoms with Crippen molar-refractivity contribution in [2.75, 3.05) is 24.6 Å². The fourth-order valence-electron chi connectivity index (χ4n) is 3.19. The zero-order valence-corrected chi connectivity index (χ0v) is 17.6. The third-order valence-corrected chi connectivity index (χ3v) is 4.91. The molecular formula is C21H21ClFN3O6. The van der Waals surface area contributed by atoms with Crippen molar-refractivity contribution in [3.05, 3.63) is 64.4 Å². The lowest BCUT2D eigenvalue weighted by Gasteiger charge is -2.22. The van der Waals surface area contributed by atoms with Crippen molar-refractivity contribution < 1.29 is 33.7 Å². The Hall–Kier alpha value is -3.21. The summed E-state index contributed by atoms with van der Waals surface area (Å²) < 4.78 is 18.3. The van der Waals surface area contributed by atoms with Crippen LogP contribution in [0.15, 0.2) is 42.5 Å². The van der Waals surface area contributed by atoms with E-state index in [-0.39, 0.29) is 43.2 Å². The average molecular weight is 466 g/mol. The zero-order valence-electron chi connectivity index (χ0n) is 16.8. The van der Waals surface area contributed by atoms with Crippen molar-refractivity contribution in [2.24, 2.45) is 0 Å². The zero-order chi connectivity index (χ0) is 23.3. The summed E-state index contributed by atoms with van der Waals surface area (Å²) in [7, 11) is 0. The van der Waals surface area contributed by atoms with Crippen LogP contribution in [0.5, 0.6) is 0 Å². The smallest absolute Gasteiger partial charge is 0.407 e. The van der Waals surface area contributed by atoms with E-state index in [1.54, 1.807) is 12.1 Å². The van der Waals surface area contributed by atoms with Gasteiger partial charge in [-0.1, -0.05) is 17.7 Å². The Morgan fingerprint density at radius 2 is 2.00 bits per heavy atom. The highest BCUT2D eigenvalue weighted by molar-refractivity contribution is 6.30. The first-order chi connectivity index (χ1) is 15.2. The van der Waals surface area contributed by atoms with Crippen molar-refractivity contribution >= 4 is 35.2 Å². The van der Waals surface area contributed by atoms with E-state index >= 15 is 0 Å². The molecule has 0 bridgehead atoms. The van der Waals surface area contributed by atoms with Gasteiger partial charge in [0.1, 0.15) is 5.82 Å². The van der Waals surface area contributed by atoms with E-state index in [9.17, 15) is 23.9 Å². The second-order valence-corrected chi connectivity index (χ2v) is 7.48. The molecular weight excluding hydrogens is 445 g/mol. The van der Waals surface area contributed by atoms with Gasteiger partial charge in [-0.3, -0.25) is 9.59 Å². The topological polar surface area (TPSA) is 128 Å². The Bertz CT molecular complexity index is 1020. The normalized spacial score (nSPS) is 17.9. The molecule has 0 unspecified atom stereocenters. The number of halogens is 2. The number of nitrogens with zero attached hydrogens (tertiary/aromatic N) is 1. The number of hydrogen-bond acceptors (Lipinski definition) is 6. The molecule has 4 N–H and O–H groups in total. The molecule has 2 aromatic carbocycles. The highest BCUT2D eigenvalue weighted by atomic mass is 35.5. The number of ether oxygens (including phenoxy) is 1. The molecule has 3 amide bonds. The van der Waals surface area contributed by atoms with E-state index in [2.05, 4.69) is 10.6 Å². The number of rotatable bonds is 7. The molecule has 1 aliphatic heterocycles. The maximum absolute atomic E-state index is 13.4. The number of alkyl carbamates (subject to hydrolysis) is 1. The summed E-state index contributed by atoms with van der Waals surface area (Å²) in [6.45, 7) is -0.218. The number of aliphatic hydroxyl groups excluding tert-OH is 1. The van der Waals surface area contributed by atoms with Gasteiger partial charge in [0.25, 0.3) is 17.6 Å². The molecule has 0 aliphatic carbocycles. The summed E-state index contributed by atoms with van der Waals surface area (Å²) in [5.41, 5.74) is 0.960. The molecule has 170 valence electrons. The van der Waals surface area contributed by atoms with Gasteiger partial charge < -0.3 is 30.5 Å². The van der Waals surface area contributed by atoms with Gasteiger partial charge in [-0.15, -0.1) is 0 Å². The number of carbonyl (C=O) groups is 3. The van der Waals surface area contributed by atoms with Gasteiger partial charge in [-0.2, -0.15) is 0 Å². The molecule has 2 aromatic rings. The minimum Gasteiger partial charge on any atom is -0.407 e. The van der Waals surface area contributed by atoms with Gasteiger partial charge in [0.15, 0.2) is 0 Å². The standard InChI is InChI=1S/C21H21ClFN3O6/c22-15-8-13(9-16(23)11-15)12-25-20(30)32-21(31)4-6-26(19(21)29)17-3-1-2-14(10-17)18(28)24-5-7-27/h1-3,8-11,27,31H,4-7,12H2,(H,24,28)(H,25,30)/t21-/m1/s1. The van der Waals surface area contributed by atoms with Crippen LogP contribution in [0.25, 0.3) is 0 Å². The second-order valence-electron chi connectivity index (χ2n) is 7.04. The van der Waals surface area contributed by atoms with Crippen molar-refractivity contribution in [3.63, 3.8) is 0 Å². The van der Waals surface area contributed by atoms with Gasteiger partial charge in [0.2, 0.25) is 0 Å². The molecule has 1 fully saturated rings. The predicted octanol–water partition coefficient (Wildman–Crippen LogP) is 1.55. The van der Waals surface area contributed by atoms with E-state index in [1.807, 2.05) is 0 Å². The van der Waals surface area contributed by atoms with E-state index in [1.165, 1.54) is 29.2 Å². The number of nitrogens with one attached hydrogen (secondary N) is 2. The summed E-state index contributed by atoms with van der Waals surface area (Å²) >= 11 is 5.76. The fourth-order valence-corrected chi connectivity index (χ4v) is 3.43.